The van der Waals surface area contributed by atoms with Crippen LogP contribution in [0, 0.1) is 5.82 Å². The van der Waals surface area contributed by atoms with Crippen LogP contribution in [0.25, 0.3) is 0 Å². The van der Waals surface area contributed by atoms with Crippen LogP contribution in [0.2, 0.25) is 0 Å². The van der Waals surface area contributed by atoms with E-state index in [1.807, 2.05) is 6.92 Å². The van der Waals surface area contributed by atoms with Gasteiger partial charge in [-0.25, -0.2) is 4.39 Å². The number of ether oxygens (including phenoxy) is 1. The number of nitrogens with one attached hydrogen (secondary N) is 1. The number of hydrogen-bond acceptors (Lipinski definition) is 5. The zero-order valence-corrected chi connectivity index (χ0v) is 13.3. The number of aryl methyl sites for hydroxylation is 1. The third kappa shape index (κ3) is 4.85. The Labute approximate surface area is 132 Å². The third-order valence-electron chi connectivity index (χ3n) is 3.17. The standard InChI is InChI=1S/C15H18FN3O2S/c1-10(21-2)14-18-19-15(22-14)17-13(20)5-3-4-11-6-8-12(16)9-7-11/h6-10H,3-5H2,1-2H3,(H,17,19,20). The highest BCUT2D eigenvalue weighted by Gasteiger charge is 2.12. The highest BCUT2D eigenvalue weighted by Crippen LogP contribution is 2.23. The first-order valence-corrected chi connectivity index (χ1v) is 7.80. The lowest BCUT2D eigenvalue weighted by Crippen LogP contribution is -2.11. The molecule has 0 radical (unpaired) electrons. The predicted molar refractivity (Wildman–Crippen MR) is 83.3 cm³/mol. The number of rotatable bonds is 7. The lowest BCUT2D eigenvalue weighted by Gasteiger charge is -2.03. The summed E-state index contributed by atoms with van der Waals surface area (Å²) < 4.78 is 17.9. The van der Waals surface area contributed by atoms with Crippen molar-refractivity contribution in [2.24, 2.45) is 0 Å². The second-order valence-corrected chi connectivity index (χ2v) is 5.86. The molecule has 1 aromatic carbocycles. The molecular weight excluding hydrogens is 305 g/mol. The molecule has 2 aromatic rings. The Hall–Kier alpha value is -1.86. The molecule has 2 rings (SSSR count). The number of aromatic nitrogens is 2. The van der Waals surface area contributed by atoms with Gasteiger partial charge in [0, 0.05) is 13.5 Å². The van der Waals surface area contributed by atoms with Crippen molar-refractivity contribution < 1.29 is 13.9 Å². The van der Waals surface area contributed by atoms with Gasteiger partial charge in [-0.1, -0.05) is 23.5 Å². The first-order valence-electron chi connectivity index (χ1n) is 6.99. The summed E-state index contributed by atoms with van der Waals surface area (Å²) in [6, 6.07) is 6.32. The number of carbonyl (C=O) groups is 1. The summed E-state index contributed by atoms with van der Waals surface area (Å²) in [5, 5.41) is 11.8. The number of methoxy groups -OCH3 is 1. The zero-order chi connectivity index (χ0) is 15.9. The molecule has 1 N–H and O–H groups in total. The molecule has 0 aliphatic heterocycles. The first kappa shape index (κ1) is 16.5. The lowest BCUT2D eigenvalue weighted by molar-refractivity contribution is -0.116. The monoisotopic (exact) mass is 323 g/mol. The van der Waals surface area contributed by atoms with Gasteiger partial charge in [-0.2, -0.15) is 0 Å². The first-order chi connectivity index (χ1) is 10.6. The molecular formula is C15H18FN3O2S. The van der Waals surface area contributed by atoms with E-state index < -0.39 is 0 Å². The van der Waals surface area contributed by atoms with Crippen molar-refractivity contribution in [2.45, 2.75) is 32.3 Å². The Kier molecular flexibility index (Phi) is 5.97. The smallest absolute Gasteiger partial charge is 0.226 e. The van der Waals surface area contributed by atoms with E-state index in [1.54, 1.807) is 19.2 Å². The fourth-order valence-electron chi connectivity index (χ4n) is 1.84. The number of carbonyl (C=O) groups excluding carboxylic acids is 1. The van der Waals surface area contributed by atoms with Crippen LogP contribution < -0.4 is 5.32 Å². The second kappa shape index (κ2) is 7.95. The SMILES string of the molecule is COC(C)c1nnc(NC(=O)CCCc2ccc(F)cc2)s1. The summed E-state index contributed by atoms with van der Waals surface area (Å²) in [5.74, 6) is -0.353. The van der Waals surface area contributed by atoms with E-state index in [2.05, 4.69) is 15.5 Å². The number of amides is 1. The second-order valence-electron chi connectivity index (χ2n) is 4.85. The maximum atomic E-state index is 12.8. The van der Waals surface area contributed by atoms with Gasteiger partial charge in [-0.05, 0) is 37.5 Å². The molecule has 1 unspecified atom stereocenters. The van der Waals surface area contributed by atoms with Crippen LogP contribution in [0.15, 0.2) is 24.3 Å². The molecule has 1 heterocycles. The average molecular weight is 323 g/mol. The average Bonchev–Trinajstić information content (AvgIpc) is 2.97. The van der Waals surface area contributed by atoms with Crippen LogP contribution in [0.5, 0.6) is 0 Å². The van der Waals surface area contributed by atoms with Gasteiger partial charge in [0.15, 0.2) is 0 Å². The molecule has 0 aliphatic rings. The van der Waals surface area contributed by atoms with E-state index in [-0.39, 0.29) is 17.8 Å². The van der Waals surface area contributed by atoms with E-state index in [0.29, 0.717) is 18.0 Å². The Morgan fingerprint density at radius 1 is 1.36 bits per heavy atom. The zero-order valence-electron chi connectivity index (χ0n) is 12.5. The van der Waals surface area contributed by atoms with Crippen LogP contribution in [-0.4, -0.2) is 23.2 Å². The molecule has 118 valence electrons. The van der Waals surface area contributed by atoms with Crippen LogP contribution >= 0.6 is 11.3 Å². The number of benzene rings is 1. The van der Waals surface area contributed by atoms with Gasteiger partial charge in [0.2, 0.25) is 11.0 Å². The molecule has 1 amide bonds. The van der Waals surface area contributed by atoms with Gasteiger partial charge in [-0.15, -0.1) is 10.2 Å². The molecule has 0 fully saturated rings. The normalized spacial score (nSPS) is 12.1. The Morgan fingerprint density at radius 3 is 2.77 bits per heavy atom. The Bertz CT molecular complexity index is 616. The van der Waals surface area contributed by atoms with Crippen LogP contribution in [0.4, 0.5) is 9.52 Å². The van der Waals surface area contributed by atoms with Crippen molar-refractivity contribution in [1.82, 2.24) is 10.2 Å². The number of hydrogen-bond donors (Lipinski definition) is 1. The molecule has 0 saturated heterocycles. The largest absolute Gasteiger partial charge is 0.374 e. The lowest BCUT2D eigenvalue weighted by atomic mass is 10.1. The van der Waals surface area contributed by atoms with Gasteiger partial charge in [0.1, 0.15) is 16.9 Å². The van der Waals surface area contributed by atoms with E-state index >= 15 is 0 Å². The van der Waals surface area contributed by atoms with Gasteiger partial charge < -0.3 is 10.1 Å². The summed E-state index contributed by atoms with van der Waals surface area (Å²) in [4.78, 5) is 11.8. The Morgan fingerprint density at radius 2 is 2.09 bits per heavy atom. The molecule has 1 atom stereocenters. The molecule has 0 aliphatic carbocycles. The quantitative estimate of drug-likeness (QED) is 0.849. The Balaban J connectivity index is 1.76. The van der Waals surface area contributed by atoms with Crippen molar-refractivity contribution in [3.63, 3.8) is 0 Å². The van der Waals surface area contributed by atoms with E-state index in [1.165, 1.54) is 23.5 Å². The third-order valence-corrected chi connectivity index (χ3v) is 4.17. The van der Waals surface area contributed by atoms with Crippen molar-refractivity contribution in [2.75, 3.05) is 12.4 Å². The highest BCUT2D eigenvalue weighted by molar-refractivity contribution is 7.15. The molecule has 0 bridgehead atoms. The van der Waals surface area contributed by atoms with Gasteiger partial charge in [0.25, 0.3) is 0 Å². The minimum atomic E-state index is -0.251. The summed E-state index contributed by atoms with van der Waals surface area (Å²) in [7, 11) is 1.60. The fourth-order valence-corrected chi connectivity index (χ4v) is 2.62. The summed E-state index contributed by atoms with van der Waals surface area (Å²) in [6.45, 7) is 1.87. The van der Waals surface area contributed by atoms with E-state index in [4.69, 9.17) is 4.74 Å². The fraction of sp³-hybridized carbons (Fsp3) is 0.400. The summed E-state index contributed by atoms with van der Waals surface area (Å²) in [5.41, 5.74) is 1.02. The molecule has 0 spiro atoms. The topological polar surface area (TPSA) is 64.1 Å². The molecule has 7 heteroatoms. The number of halogens is 1. The van der Waals surface area contributed by atoms with Crippen LogP contribution in [0.1, 0.15) is 36.4 Å². The van der Waals surface area contributed by atoms with E-state index in [9.17, 15) is 9.18 Å². The minimum absolute atomic E-state index is 0.102. The molecule has 1 aromatic heterocycles. The number of anilines is 1. The van der Waals surface area contributed by atoms with Crippen molar-refractivity contribution in [3.05, 3.63) is 40.7 Å². The van der Waals surface area contributed by atoms with E-state index in [0.717, 1.165) is 17.0 Å². The van der Waals surface area contributed by atoms with Gasteiger partial charge in [0.05, 0.1) is 0 Å². The molecule has 5 nitrogen and oxygen atoms in total. The van der Waals surface area contributed by atoms with Crippen LogP contribution in [0.3, 0.4) is 0 Å². The summed E-state index contributed by atoms with van der Waals surface area (Å²) >= 11 is 1.30. The summed E-state index contributed by atoms with van der Waals surface area (Å²) in [6.07, 6.45) is 1.67. The van der Waals surface area contributed by atoms with Crippen LogP contribution in [-0.2, 0) is 16.0 Å². The predicted octanol–water partition coefficient (Wildman–Crippen LogP) is 3.35. The highest BCUT2D eigenvalue weighted by atomic mass is 32.1. The molecule has 22 heavy (non-hydrogen) atoms. The minimum Gasteiger partial charge on any atom is -0.374 e. The molecule has 0 saturated carbocycles. The maximum Gasteiger partial charge on any atom is 0.226 e. The van der Waals surface area contributed by atoms with Crippen molar-refractivity contribution in [1.29, 1.82) is 0 Å². The van der Waals surface area contributed by atoms with Crippen molar-refractivity contribution in [3.8, 4) is 0 Å². The van der Waals surface area contributed by atoms with Gasteiger partial charge >= 0.3 is 0 Å². The van der Waals surface area contributed by atoms with Gasteiger partial charge in [-0.3, -0.25) is 4.79 Å². The maximum absolute atomic E-state index is 12.8. The number of nitrogens with zero attached hydrogens (tertiary/aromatic N) is 2. The van der Waals surface area contributed by atoms with Crippen molar-refractivity contribution >= 4 is 22.4 Å².